The molecule has 0 unspecified atom stereocenters. The molecule has 0 fully saturated rings. The van der Waals surface area contributed by atoms with Gasteiger partial charge in [0.2, 0.25) is 5.91 Å². The van der Waals surface area contributed by atoms with Crippen molar-refractivity contribution in [1.82, 2.24) is 9.13 Å². The minimum absolute atomic E-state index is 0.0633. The molecule has 0 aliphatic heterocycles. The van der Waals surface area contributed by atoms with Crippen molar-refractivity contribution in [1.29, 1.82) is 0 Å². The van der Waals surface area contributed by atoms with Crippen molar-refractivity contribution in [3.8, 4) is 5.75 Å². The van der Waals surface area contributed by atoms with Crippen molar-refractivity contribution in [3.63, 3.8) is 0 Å². The van der Waals surface area contributed by atoms with E-state index < -0.39 is 11.6 Å². The molecule has 2 aromatic carbocycles. The van der Waals surface area contributed by atoms with Gasteiger partial charge < -0.3 is 10.4 Å². The molecule has 0 atom stereocenters. The van der Waals surface area contributed by atoms with Crippen LogP contribution in [0.4, 0.5) is 5.69 Å². The number of aromatic nitrogens is 2. The summed E-state index contributed by atoms with van der Waals surface area (Å²) in [5.41, 5.74) is -0.262. The standard InChI is InChI=1S/C18H17N3O4/c1-2-20-17(24)12-7-3-5-9-14(12)21(18(20)25)11-16(23)19-13-8-4-6-10-15(13)22/h3-10,22H,2,11H2,1H3,(H,19,23). The fraction of sp³-hybridized carbons (Fsp3) is 0.167. The second kappa shape index (κ2) is 6.64. The monoisotopic (exact) mass is 339 g/mol. The molecule has 7 nitrogen and oxygen atoms in total. The molecule has 25 heavy (non-hydrogen) atoms. The maximum absolute atomic E-state index is 12.6. The van der Waals surface area contributed by atoms with E-state index in [2.05, 4.69) is 5.32 Å². The third-order valence-corrected chi connectivity index (χ3v) is 3.93. The Morgan fingerprint density at radius 1 is 1.04 bits per heavy atom. The zero-order valence-electron chi connectivity index (χ0n) is 13.6. The number of benzene rings is 2. The van der Waals surface area contributed by atoms with Gasteiger partial charge >= 0.3 is 5.69 Å². The first kappa shape index (κ1) is 16.5. The number of hydrogen-bond acceptors (Lipinski definition) is 4. The molecule has 7 heteroatoms. The second-order valence-electron chi connectivity index (χ2n) is 5.50. The van der Waals surface area contributed by atoms with E-state index >= 15 is 0 Å². The highest BCUT2D eigenvalue weighted by Crippen LogP contribution is 2.21. The quantitative estimate of drug-likeness (QED) is 0.705. The number of rotatable bonds is 4. The molecule has 0 aliphatic rings. The van der Waals surface area contributed by atoms with Crippen LogP contribution in [0.25, 0.3) is 10.9 Å². The lowest BCUT2D eigenvalue weighted by molar-refractivity contribution is -0.116. The summed E-state index contributed by atoms with van der Waals surface area (Å²) in [6, 6.07) is 13.0. The largest absolute Gasteiger partial charge is 0.506 e. The molecule has 0 saturated carbocycles. The highest BCUT2D eigenvalue weighted by molar-refractivity contribution is 5.93. The first-order valence-electron chi connectivity index (χ1n) is 7.83. The van der Waals surface area contributed by atoms with Crippen LogP contribution < -0.4 is 16.6 Å². The SMILES string of the molecule is CCn1c(=O)c2ccccc2n(CC(=O)Nc2ccccc2O)c1=O. The molecule has 0 saturated heterocycles. The Balaban J connectivity index is 2.04. The Kier molecular flexibility index (Phi) is 4.38. The molecule has 1 amide bonds. The fourth-order valence-corrected chi connectivity index (χ4v) is 2.72. The molecule has 2 N–H and O–H groups in total. The number of fused-ring (bicyclic) bond motifs is 1. The Labute approximate surface area is 142 Å². The summed E-state index contributed by atoms with van der Waals surface area (Å²) in [5.74, 6) is -0.540. The molecular weight excluding hydrogens is 322 g/mol. The molecule has 1 heterocycles. The fourth-order valence-electron chi connectivity index (χ4n) is 2.72. The number of phenols is 1. The highest BCUT2D eigenvalue weighted by atomic mass is 16.3. The molecule has 3 aromatic rings. The number of amides is 1. The van der Waals surface area contributed by atoms with E-state index in [1.165, 1.54) is 10.6 Å². The lowest BCUT2D eigenvalue weighted by atomic mass is 10.2. The number of nitrogens with one attached hydrogen (secondary N) is 1. The van der Waals surface area contributed by atoms with Crippen molar-refractivity contribution in [2.45, 2.75) is 20.0 Å². The number of nitrogens with zero attached hydrogens (tertiary/aromatic N) is 2. The van der Waals surface area contributed by atoms with Crippen molar-refractivity contribution in [2.24, 2.45) is 0 Å². The lowest BCUT2D eigenvalue weighted by Crippen LogP contribution is -2.41. The summed E-state index contributed by atoms with van der Waals surface area (Å²) in [4.78, 5) is 37.3. The number of anilines is 1. The van der Waals surface area contributed by atoms with Gasteiger partial charge in [0.05, 0.1) is 16.6 Å². The first-order chi connectivity index (χ1) is 12.0. The van der Waals surface area contributed by atoms with Crippen LogP contribution in [0, 0.1) is 0 Å². The number of carbonyl (C=O) groups excluding carboxylic acids is 1. The van der Waals surface area contributed by atoms with Crippen LogP contribution in [0.15, 0.2) is 58.1 Å². The van der Waals surface area contributed by atoms with E-state index in [4.69, 9.17) is 0 Å². The molecule has 3 rings (SSSR count). The van der Waals surface area contributed by atoms with E-state index in [1.54, 1.807) is 49.4 Å². The molecule has 0 bridgehead atoms. The molecule has 0 aliphatic carbocycles. The Morgan fingerprint density at radius 3 is 2.44 bits per heavy atom. The van der Waals surface area contributed by atoms with Gasteiger partial charge in [0.1, 0.15) is 12.3 Å². The molecule has 0 radical (unpaired) electrons. The van der Waals surface area contributed by atoms with Gasteiger partial charge in [0.25, 0.3) is 5.56 Å². The molecule has 0 spiro atoms. The normalized spacial score (nSPS) is 10.8. The number of phenolic OH excluding ortho intramolecular Hbond substituents is 1. The maximum atomic E-state index is 12.6. The summed E-state index contributed by atoms with van der Waals surface area (Å²) in [7, 11) is 0. The van der Waals surface area contributed by atoms with Gasteiger partial charge in [-0.15, -0.1) is 0 Å². The average Bonchev–Trinajstić information content (AvgIpc) is 2.61. The second-order valence-corrected chi connectivity index (χ2v) is 5.50. The number of carbonyl (C=O) groups is 1. The molecule has 1 aromatic heterocycles. The van der Waals surface area contributed by atoms with Crippen LogP contribution in [-0.2, 0) is 17.9 Å². The minimum atomic E-state index is -0.543. The van der Waals surface area contributed by atoms with E-state index in [9.17, 15) is 19.5 Å². The third kappa shape index (κ3) is 3.03. The van der Waals surface area contributed by atoms with Crippen LogP contribution in [-0.4, -0.2) is 20.1 Å². The zero-order valence-corrected chi connectivity index (χ0v) is 13.6. The van der Waals surface area contributed by atoms with Gasteiger partial charge in [-0.25, -0.2) is 4.79 Å². The number of aromatic hydroxyl groups is 1. The predicted octanol–water partition coefficient (Wildman–Crippen LogP) is 1.53. The summed E-state index contributed by atoms with van der Waals surface area (Å²) < 4.78 is 2.35. The Morgan fingerprint density at radius 2 is 1.72 bits per heavy atom. The van der Waals surface area contributed by atoms with Gasteiger partial charge in [-0.2, -0.15) is 0 Å². The van der Waals surface area contributed by atoms with Gasteiger partial charge in [-0.3, -0.25) is 18.7 Å². The summed E-state index contributed by atoms with van der Waals surface area (Å²) in [5, 5.41) is 12.7. The first-order valence-corrected chi connectivity index (χ1v) is 7.83. The number of hydrogen-bond donors (Lipinski definition) is 2. The lowest BCUT2D eigenvalue weighted by Gasteiger charge is -2.13. The summed E-state index contributed by atoms with van der Waals surface area (Å²) >= 11 is 0. The van der Waals surface area contributed by atoms with Crippen LogP contribution in [0.3, 0.4) is 0 Å². The van der Waals surface area contributed by atoms with Crippen molar-refractivity contribution in [2.75, 3.05) is 5.32 Å². The summed E-state index contributed by atoms with van der Waals surface area (Å²) in [6.07, 6.45) is 0. The van der Waals surface area contributed by atoms with Crippen LogP contribution in [0.1, 0.15) is 6.92 Å². The molecular formula is C18H17N3O4. The minimum Gasteiger partial charge on any atom is -0.506 e. The van der Waals surface area contributed by atoms with Gasteiger partial charge in [-0.1, -0.05) is 24.3 Å². The Hall–Kier alpha value is -3.35. The van der Waals surface area contributed by atoms with Crippen molar-refractivity contribution >= 4 is 22.5 Å². The summed E-state index contributed by atoms with van der Waals surface area (Å²) in [6.45, 7) is 1.64. The van der Waals surface area contributed by atoms with Crippen molar-refractivity contribution < 1.29 is 9.90 Å². The average molecular weight is 339 g/mol. The maximum Gasteiger partial charge on any atom is 0.331 e. The Bertz CT molecular complexity index is 1070. The molecule has 128 valence electrons. The number of para-hydroxylation sites is 3. The van der Waals surface area contributed by atoms with Gasteiger partial charge in [0, 0.05) is 6.54 Å². The zero-order chi connectivity index (χ0) is 18.0. The van der Waals surface area contributed by atoms with Crippen LogP contribution in [0.2, 0.25) is 0 Å². The van der Waals surface area contributed by atoms with Gasteiger partial charge in [0.15, 0.2) is 0 Å². The van der Waals surface area contributed by atoms with E-state index in [0.717, 1.165) is 4.57 Å². The van der Waals surface area contributed by atoms with E-state index in [-0.39, 0.29) is 30.1 Å². The van der Waals surface area contributed by atoms with Crippen LogP contribution in [0.5, 0.6) is 5.75 Å². The van der Waals surface area contributed by atoms with Gasteiger partial charge in [-0.05, 0) is 31.2 Å². The van der Waals surface area contributed by atoms with Crippen LogP contribution >= 0.6 is 0 Å². The predicted molar refractivity (Wildman–Crippen MR) is 94.9 cm³/mol. The van der Waals surface area contributed by atoms with E-state index in [1.807, 2.05) is 0 Å². The third-order valence-electron chi connectivity index (χ3n) is 3.93. The topological polar surface area (TPSA) is 93.3 Å². The smallest absolute Gasteiger partial charge is 0.331 e. The highest BCUT2D eigenvalue weighted by Gasteiger charge is 2.15. The van der Waals surface area contributed by atoms with Crippen molar-refractivity contribution in [3.05, 3.63) is 69.4 Å². The van der Waals surface area contributed by atoms with E-state index in [0.29, 0.717) is 10.9 Å².